The molecule has 8 heteroatoms. The monoisotopic (exact) mass is 502 g/mol. The maximum atomic E-state index is 14.0. The van der Waals surface area contributed by atoms with Crippen LogP contribution in [0.2, 0.25) is 0 Å². The van der Waals surface area contributed by atoms with Gasteiger partial charge in [-0.05, 0) is 11.1 Å². The van der Waals surface area contributed by atoms with Crippen LogP contribution >= 0.6 is 11.8 Å². The van der Waals surface area contributed by atoms with Crippen molar-refractivity contribution in [2.75, 3.05) is 19.4 Å². The van der Waals surface area contributed by atoms with Gasteiger partial charge >= 0.3 is 5.97 Å². The third-order valence-electron chi connectivity index (χ3n) is 6.80. The number of esters is 1. The molecule has 2 N–H and O–H groups in total. The third-order valence-corrected chi connectivity index (χ3v) is 8.38. The van der Waals surface area contributed by atoms with Gasteiger partial charge in [-0.2, -0.15) is 0 Å². The topological polar surface area (TPSA) is 98.9 Å². The molecule has 2 aliphatic heterocycles. The average Bonchev–Trinajstić information content (AvgIpc) is 2.95. The van der Waals surface area contributed by atoms with Crippen LogP contribution in [-0.4, -0.2) is 53.1 Å². The number of fused-ring (bicyclic) bond motifs is 1. The van der Waals surface area contributed by atoms with Gasteiger partial charge in [-0.1, -0.05) is 91.0 Å². The van der Waals surface area contributed by atoms with E-state index >= 15 is 0 Å². The van der Waals surface area contributed by atoms with Crippen molar-refractivity contribution in [1.29, 1.82) is 0 Å². The highest BCUT2D eigenvalue weighted by atomic mass is 32.2. The van der Waals surface area contributed by atoms with E-state index in [2.05, 4.69) is 0 Å². The minimum Gasteiger partial charge on any atom is -0.452 e. The predicted octanol–water partition coefficient (Wildman–Crippen LogP) is 3.41. The molecule has 0 saturated carbocycles. The minimum absolute atomic E-state index is 0.104. The standard InChI is InChI=1S/C28H26N2O5S/c1-34-28(29)24(32)30-17-27(18-36-25(28)30,23(31)21-15-9-4-10-16-21)26(33)35-22(19-11-5-2-6-12-19)20-13-7-3-8-14-20/h2-16,22,25H,17-18,29H2,1H3/t25-,27?,28?/m1/s1. The van der Waals surface area contributed by atoms with Crippen LogP contribution in [0.15, 0.2) is 91.0 Å². The average molecular weight is 503 g/mol. The van der Waals surface area contributed by atoms with E-state index in [1.54, 1.807) is 30.3 Å². The summed E-state index contributed by atoms with van der Waals surface area (Å²) in [5.41, 5.74) is 5.02. The number of thioether (sulfide) groups is 1. The number of methoxy groups -OCH3 is 1. The van der Waals surface area contributed by atoms with E-state index in [1.165, 1.54) is 23.8 Å². The molecule has 184 valence electrons. The number of nitrogens with zero attached hydrogens (tertiary/aromatic N) is 1. The van der Waals surface area contributed by atoms with Crippen molar-refractivity contribution < 1.29 is 23.9 Å². The second-order valence-electron chi connectivity index (χ2n) is 8.98. The first kappa shape index (κ1) is 24.2. The fraction of sp³-hybridized carbons (Fsp3) is 0.250. The third kappa shape index (κ3) is 3.91. The van der Waals surface area contributed by atoms with E-state index in [-0.39, 0.29) is 12.3 Å². The Bertz CT molecular complexity index is 1230. The van der Waals surface area contributed by atoms with E-state index in [4.69, 9.17) is 15.2 Å². The Morgan fingerprint density at radius 1 is 0.944 bits per heavy atom. The Balaban J connectivity index is 1.53. The number of hydrogen-bond donors (Lipinski definition) is 1. The van der Waals surface area contributed by atoms with Gasteiger partial charge in [-0.3, -0.25) is 20.1 Å². The summed E-state index contributed by atoms with van der Waals surface area (Å²) in [6, 6.07) is 27.4. The second kappa shape index (κ2) is 9.54. The highest BCUT2D eigenvalue weighted by molar-refractivity contribution is 8.00. The number of Topliss-reactive ketones (excluding diaryl/α,β-unsaturated/α-hetero) is 1. The molecule has 2 heterocycles. The van der Waals surface area contributed by atoms with Crippen LogP contribution in [0.1, 0.15) is 27.6 Å². The van der Waals surface area contributed by atoms with E-state index in [9.17, 15) is 14.4 Å². The summed E-state index contributed by atoms with van der Waals surface area (Å²) in [4.78, 5) is 42.3. The van der Waals surface area contributed by atoms with E-state index in [0.717, 1.165) is 11.1 Å². The van der Waals surface area contributed by atoms with Crippen LogP contribution < -0.4 is 5.73 Å². The zero-order valence-electron chi connectivity index (χ0n) is 19.7. The van der Waals surface area contributed by atoms with Crippen molar-refractivity contribution in [1.82, 2.24) is 4.90 Å². The molecule has 2 fully saturated rings. The normalized spacial score (nSPS) is 25.1. The lowest BCUT2D eigenvalue weighted by atomic mass is 9.79. The number of carbonyl (C=O) groups excluding carboxylic acids is 3. The van der Waals surface area contributed by atoms with Gasteiger partial charge in [0.2, 0.25) is 5.72 Å². The Labute approximate surface area is 213 Å². The second-order valence-corrected chi connectivity index (χ2v) is 10.0. The Hall–Kier alpha value is -3.46. The first-order valence-corrected chi connectivity index (χ1v) is 12.6. The first-order chi connectivity index (χ1) is 17.4. The molecule has 3 aromatic carbocycles. The molecule has 7 nitrogen and oxygen atoms in total. The lowest BCUT2D eigenvalue weighted by Crippen LogP contribution is -2.81. The smallest absolute Gasteiger partial charge is 0.323 e. The molecule has 0 aliphatic carbocycles. The molecule has 3 atom stereocenters. The van der Waals surface area contributed by atoms with Crippen LogP contribution in [0.5, 0.6) is 0 Å². The largest absolute Gasteiger partial charge is 0.452 e. The maximum absolute atomic E-state index is 14.0. The molecular formula is C28H26N2O5S. The molecule has 2 aliphatic rings. The zero-order valence-corrected chi connectivity index (χ0v) is 20.5. The molecule has 0 bridgehead atoms. The zero-order chi connectivity index (χ0) is 25.3. The van der Waals surface area contributed by atoms with Gasteiger partial charge < -0.3 is 14.4 Å². The van der Waals surface area contributed by atoms with E-state index < -0.39 is 40.3 Å². The number of amides is 1. The molecule has 1 amide bonds. The Morgan fingerprint density at radius 3 is 2.00 bits per heavy atom. The van der Waals surface area contributed by atoms with Gasteiger partial charge in [0.05, 0.1) is 0 Å². The van der Waals surface area contributed by atoms with Gasteiger partial charge in [-0.25, -0.2) is 0 Å². The van der Waals surface area contributed by atoms with Crippen LogP contribution in [0, 0.1) is 5.41 Å². The number of hydrogen-bond acceptors (Lipinski definition) is 7. The van der Waals surface area contributed by atoms with Crippen molar-refractivity contribution in [3.8, 4) is 0 Å². The predicted molar refractivity (Wildman–Crippen MR) is 136 cm³/mol. The summed E-state index contributed by atoms with van der Waals surface area (Å²) >= 11 is 1.26. The highest BCUT2D eigenvalue weighted by Gasteiger charge is 2.67. The number of rotatable bonds is 7. The molecule has 0 spiro atoms. The van der Waals surface area contributed by atoms with Crippen LogP contribution in [0.25, 0.3) is 0 Å². The van der Waals surface area contributed by atoms with Crippen molar-refractivity contribution >= 4 is 29.4 Å². The van der Waals surface area contributed by atoms with Gasteiger partial charge in [0.25, 0.3) is 5.91 Å². The quantitative estimate of drug-likeness (QED) is 0.174. The summed E-state index contributed by atoms with van der Waals surface area (Å²) in [5, 5.41) is -0.487. The molecule has 0 aromatic heterocycles. The van der Waals surface area contributed by atoms with Crippen LogP contribution in [0.3, 0.4) is 0 Å². The van der Waals surface area contributed by atoms with Gasteiger partial charge in [0.15, 0.2) is 17.3 Å². The lowest BCUT2D eigenvalue weighted by molar-refractivity contribution is -0.190. The summed E-state index contributed by atoms with van der Waals surface area (Å²) < 4.78 is 11.4. The van der Waals surface area contributed by atoms with Crippen molar-refractivity contribution in [3.63, 3.8) is 0 Å². The number of ketones is 1. The highest BCUT2D eigenvalue weighted by Crippen LogP contribution is 2.48. The van der Waals surface area contributed by atoms with Crippen molar-refractivity contribution in [3.05, 3.63) is 108 Å². The maximum Gasteiger partial charge on any atom is 0.323 e. The van der Waals surface area contributed by atoms with Crippen LogP contribution in [0.4, 0.5) is 0 Å². The van der Waals surface area contributed by atoms with E-state index in [1.807, 2.05) is 60.7 Å². The van der Waals surface area contributed by atoms with Crippen molar-refractivity contribution in [2.24, 2.45) is 11.1 Å². The van der Waals surface area contributed by atoms with Crippen LogP contribution in [-0.2, 0) is 19.1 Å². The molecule has 3 aromatic rings. The van der Waals surface area contributed by atoms with E-state index in [0.29, 0.717) is 5.56 Å². The first-order valence-electron chi connectivity index (χ1n) is 11.6. The fourth-order valence-corrected chi connectivity index (χ4v) is 6.32. The lowest BCUT2D eigenvalue weighted by Gasteiger charge is -2.57. The van der Waals surface area contributed by atoms with Gasteiger partial charge in [-0.15, -0.1) is 11.8 Å². The number of nitrogens with two attached hydrogens (primary N) is 1. The summed E-state index contributed by atoms with van der Waals surface area (Å²) in [6.07, 6.45) is -0.720. The van der Waals surface area contributed by atoms with Crippen molar-refractivity contribution in [2.45, 2.75) is 17.2 Å². The molecular weight excluding hydrogens is 476 g/mol. The molecule has 2 saturated heterocycles. The Morgan fingerprint density at radius 2 is 1.47 bits per heavy atom. The molecule has 36 heavy (non-hydrogen) atoms. The summed E-state index contributed by atoms with van der Waals surface area (Å²) in [6.45, 7) is -0.130. The number of ether oxygens (including phenoxy) is 2. The Kier molecular flexibility index (Phi) is 6.42. The number of β-lactam (4-membered cyclic amide) rings is 1. The SMILES string of the molecule is COC1(N)C(=O)N2CC(C(=O)OC(c3ccccc3)c3ccccc3)(C(=O)c3ccccc3)CS[C@@H]21. The minimum atomic E-state index is -1.60. The number of carbonyl (C=O) groups is 3. The number of benzene rings is 3. The van der Waals surface area contributed by atoms with Gasteiger partial charge in [0, 0.05) is 25.0 Å². The molecule has 0 radical (unpaired) electrons. The molecule has 2 unspecified atom stereocenters. The van der Waals surface area contributed by atoms with Gasteiger partial charge in [0.1, 0.15) is 5.37 Å². The summed E-state index contributed by atoms with van der Waals surface area (Å²) in [7, 11) is 1.38. The summed E-state index contributed by atoms with van der Waals surface area (Å²) in [5.74, 6) is -1.42. The fourth-order valence-electron chi connectivity index (χ4n) is 4.74. The molecule has 5 rings (SSSR count).